The first kappa shape index (κ1) is 23.5. The summed E-state index contributed by atoms with van der Waals surface area (Å²) in [5.41, 5.74) is 4.99. The quantitative estimate of drug-likeness (QED) is 0.219. The smallest absolute Gasteiger partial charge is 0.338 e. The zero-order valence-corrected chi connectivity index (χ0v) is 20.2. The van der Waals surface area contributed by atoms with Gasteiger partial charge in [-0.25, -0.2) is 9.48 Å². The van der Waals surface area contributed by atoms with Gasteiger partial charge in [-0.2, -0.15) is 4.98 Å². The van der Waals surface area contributed by atoms with Gasteiger partial charge in [-0.1, -0.05) is 47.7 Å². The van der Waals surface area contributed by atoms with Crippen LogP contribution in [0.25, 0.3) is 0 Å². The normalized spacial score (nSPS) is 15.0. The third kappa shape index (κ3) is 4.67. The second-order valence-corrected chi connectivity index (χ2v) is 8.96. The van der Waals surface area contributed by atoms with Crippen molar-refractivity contribution in [2.24, 2.45) is 0 Å². The largest absolute Gasteiger partial charge is 0.463 e. The molecule has 3 aromatic rings. The van der Waals surface area contributed by atoms with Crippen LogP contribution in [0, 0.1) is 24.0 Å². The van der Waals surface area contributed by atoms with Gasteiger partial charge in [0, 0.05) is 23.6 Å². The van der Waals surface area contributed by atoms with Crippen molar-refractivity contribution in [3.63, 3.8) is 0 Å². The van der Waals surface area contributed by atoms with Crippen molar-refractivity contribution in [1.29, 1.82) is 0 Å². The molecule has 1 atom stereocenters. The van der Waals surface area contributed by atoms with Crippen LogP contribution >= 0.6 is 11.8 Å². The molecule has 0 saturated carbocycles. The van der Waals surface area contributed by atoms with E-state index in [1.165, 1.54) is 40.6 Å². The summed E-state index contributed by atoms with van der Waals surface area (Å²) in [6.07, 6.45) is 0. The Balaban J connectivity index is 1.72. The molecule has 1 aromatic heterocycles. The maximum absolute atomic E-state index is 12.9. The molecule has 0 saturated heterocycles. The fraction of sp³-hybridized carbons (Fsp3) is 0.292. The van der Waals surface area contributed by atoms with E-state index in [-0.39, 0.29) is 12.3 Å². The van der Waals surface area contributed by atoms with Crippen molar-refractivity contribution >= 4 is 29.4 Å². The number of hydrogen-bond donors (Lipinski definition) is 1. The van der Waals surface area contributed by atoms with Crippen molar-refractivity contribution in [1.82, 2.24) is 14.8 Å². The fourth-order valence-corrected chi connectivity index (χ4v) is 4.84. The molecule has 176 valence electrons. The van der Waals surface area contributed by atoms with E-state index >= 15 is 0 Å². The molecule has 0 unspecified atom stereocenters. The first-order valence-corrected chi connectivity index (χ1v) is 11.8. The molecule has 2 heterocycles. The molecular weight excluding hydrogens is 454 g/mol. The van der Waals surface area contributed by atoms with Crippen LogP contribution in [0.3, 0.4) is 0 Å². The Kier molecular flexibility index (Phi) is 6.69. The highest BCUT2D eigenvalue weighted by atomic mass is 32.2. The number of thioether (sulfide) groups is 1. The third-order valence-corrected chi connectivity index (χ3v) is 6.47. The van der Waals surface area contributed by atoms with E-state index in [0.717, 1.165) is 0 Å². The summed E-state index contributed by atoms with van der Waals surface area (Å²) in [6, 6.07) is 11.8. The summed E-state index contributed by atoms with van der Waals surface area (Å²) in [7, 11) is 0. The van der Waals surface area contributed by atoms with E-state index in [0.29, 0.717) is 33.7 Å². The minimum atomic E-state index is -0.710. The predicted molar refractivity (Wildman–Crippen MR) is 130 cm³/mol. The molecule has 9 nitrogen and oxygen atoms in total. The second kappa shape index (κ2) is 9.68. The summed E-state index contributed by atoms with van der Waals surface area (Å²) < 4.78 is 6.89. The van der Waals surface area contributed by atoms with Crippen molar-refractivity contribution in [3.8, 4) is 0 Å². The molecular formula is C24H25N5O4S. The minimum Gasteiger partial charge on any atom is -0.463 e. The molecule has 34 heavy (non-hydrogen) atoms. The Morgan fingerprint density at radius 3 is 2.74 bits per heavy atom. The van der Waals surface area contributed by atoms with Crippen LogP contribution in [0.5, 0.6) is 0 Å². The number of carbonyl (C=O) groups excluding carboxylic acids is 1. The number of ether oxygens (including phenoxy) is 1. The number of allylic oxidation sites excluding steroid dienone is 1. The number of carbonyl (C=O) groups is 1. The number of benzene rings is 2. The highest BCUT2D eigenvalue weighted by molar-refractivity contribution is 7.98. The van der Waals surface area contributed by atoms with Crippen LogP contribution in [0.4, 0.5) is 11.6 Å². The van der Waals surface area contributed by atoms with Gasteiger partial charge in [-0.3, -0.25) is 10.1 Å². The molecule has 0 spiro atoms. The number of nitrogens with zero attached hydrogens (tertiary/aromatic N) is 4. The lowest BCUT2D eigenvalue weighted by Gasteiger charge is -2.27. The van der Waals surface area contributed by atoms with E-state index < -0.39 is 16.9 Å². The molecule has 4 rings (SSSR count). The molecule has 2 aromatic carbocycles. The van der Waals surface area contributed by atoms with E-state index in [4.69, 9.17) is 4.74 Å². The highest BCUT2D eigenvalue weighted by Gasteiger charge is 2.35. The van der Waals surface area contributed by atoms with Gasteiger partial charge in [0.1, 0.15) is 6.04 Å². The zero-order chi connectivity index (χ0) is 24.4. The number of aryl methyl sites for hydroxylation is 2. The number of nitro benzene ring substituents is 1. The van der Waals surface area contributed by atoms with Gasteiger partial charge in [0.15, 0.2) is 0 Å². The van der Waals surface area contributed by atoms with Gasteiger partial charge >= 0.3 is 5.97 Å². The fourth-order valence-electron chi connectivity index (χ4n) is 3.93. The average molecular weight is 480 g/mol. The number of nitrogens with one attached hydrogen (secondary N) is 1. The van der Waals surface area contributed by atoms with Gasteiger partial charge in [0.25, 0.3) is 5.69 Å². The number of non-ortho nitro benzene ring substituents is 1. The van der Waals surface area contributed by atoms with E-state index in [1.807, 2.05) is 0 Å². The Bertz CT molecular complexity index is 1300. The monoisotopic (exact) mass is 479 g/mol. The van der Waals surface area contributed by atoms with Crippen molar-refractivity contribution in [3.05, 3.63) is 86.1 Å². The van der Waals surface area contributed by atoms with Crippen LogP contribution in [-0.4, -0.2) is 32.3 Å². The molecule has 0 radical (unpaired) electrons. The van der Waals surface area contributed by atoms with E-state index in [9.17, 15) is 14.9 Å². The van der Waals surface area contributed by atoms with Crippen molar-refractivity contribution < 1.29 is 14.5 Å². The number of nitro groups is 1. The number of hydrogen-bond acceptors (Lipinski definition) is 8. The van der Waals surface area contributed by atoms with Gasteiger partial charge in [-0.15, -0.1) is 5.10 Å². The minimum absolute atomic E-state index is 0.0667. The number of anilines is 1. The topological polar surface area (TPSA) is 112 Å². The molecule has 1 aliphatic heterocycles. The van der Waals surface area contributed by atoms with Crippen molar-refractivity contribution in [2.45, 2.75) is 44.6 Å². The third-order valence-electron chi connectivity index (χ3n) is 5.58. The van der Waals surface area contributed by atoms with Crippen LogP contribution in [-0.2, 0) is 15.3 Å². The lowest BCUT2D eigenvalue weighted by molar-refractivity contribution is -0.384. The summed E-state index contributed by atoms with van der Waals surface area (Å²) in [5, 5.41) is 19.7. The Hall–Kier alpha value is -3.66. The summed E-state index contributed by atoms with van der Waals surface area (Å²) in [5.74, 6) is 0.647. The maximum atomic E-state index is 12.9. The standard InChI is InChI=1S/C24H25N5O4S/c1-5-33-22(30)20-16(4)25-23-26-24(34-13-18-10-9-14(2)11-15(18)3)27-28(23)21(20)17-7-6-8-19(12-17)29(31)32/h6-12,21H,5,13H2,1-4H3,(H,25,26,27)/t21-/m1/s1. The van der Waals surface area contributed by atoms with E-state index in [1.54, 1.807) is 30.7 Å². The number of fused-ring (bicyclic) bond motifs is 1. The summed E-state index contributed by atoms with van der Waals surface area (Å²) in [4.78, 5) is 28.4. The van der Waals surface area contributed by atoms with Gasteiger partial charge in [0.05, 0.1) is 17.1 Å². The lowest BCUT2D eigenvalue weighted by atomic mass is 9.95. The Morgan fingerprint density at radius 2 is 2.03 bits per heavy atom. The van der Waals surface area contributed by atoms with Crippen LogP contribution < -0.4 is 5.32 Å². The molecule has 0 amide bonds. The average Bonchev–Trinajstić information content (AvgIpc) is 3.20. The Labute approximate surface area is 201 Å². The Morgan fingerprint density at radius 1 is 1.24 bits per heavy atom. The lowest BCUT2D eigenvalue weighted by Crippen LogP contribution is -2.29. The van der Waals surface area contributed by atoms with Gasteiger partial charge in [0.2, 0.25) is 11.1 Å². The summed E-state index contributed by atoms with van der Waals surface area (Å²) in [6.45, 7) is 7.84. The number of esters is 1. The number of aromatic nitrogens is 3. The maximum Gasteiger partial charge on any atom is 0.338 e. The SMILES string of the molecule is CCOC(=O)C1=C(C)Nc2nc(SCc3ccc(C)cc3C)nn2[C@@H]1c1cccc([N+](=O)[O-])c1. The van der Waals surface area contributed by atoms with Gasteiger partial charge < -0.3 is 10.1 Å². The van der Waals surface area contributed by atoms with Crippen LogP contribution in [0.2, 0.25) is 0 Å². The predicted octanol–water partition coefficient (Wildman–Crippen LogP) is 4.95. The molecule has 0 fully saturated rings. The van der Waals surface area contributed by atoms with E-state index in [2.05, 4.69) is 47.4 Å². The summed E-state index contributed by atoms with van der Waals surface area (Å²) >= 11 is 1.49. The molecule has 0 aliphatic carbocycles. The first-order valence-electron chi connectivity index (χ1n) is 10.8. The molecule has 10 heteroatoms. The number of rotatable bonds is 7. The van der Waals surface area contributed by atoms with Crippen LogP contribution in [0.1, 0.15) is 42.1 Å². The van der Waals surface area contributed by atoms with Gasteiger partial charge in [-0.05, 0) is 44.4 Å². The zero-order valence-electron chi connectivity index (χ0n) is 19.4. The van der Waals surface area contributed by atoms with Crippen LogP contribution in [0.15, 0.2) is 58.9 Å². The van der Waals surface area contributed by atoms with Crippen molar-refractivity contribution in [2.75, 3.05) is 11.9 Å². The highest BCUT2D eigenvalue weighted by Crippen LogP contribution is 2.38. The molecule has 1 N–H and O–H groups in total. The second-order valence-electron chi connectivity index (χ2n) is 8.02. The molecule has 1 aliphatic rings. The molecule has 0 bridgehead atoms. The first-order chi connectivity index (χ1) is 16.3.